The first-order valence-corrected chi connectivity index (χ1v) is 6.18. The predicted octanol–water partition coefficient (Wildman–Crippen LogP) is 2.95. The summed E-state index contributed by atoms with van der Waals surface area (Å²) < 4.78 is 2.11. The minimum absolute atomic E-state index is 0.00986. The monoisotopic (exact) mass is 230 g/mol. The van der Waals surface area contributed by atoms with Crippen molar-refractivity contribution in [2.45, 2.75) is 45.1 Å². The van der Waals surface area contributed by atoms with E-state index in [1.165, 1.54) is 5.69 Å². The highest BCUT2D eigenvalue weighted by Gasteiger charge is 2.20. The first-order valence-electron chi connectivity index (χ1n) is 5.03. The Balaban J connectivity index is 3.13. The van der Waals surface area contributed by atoms with Gasteiger partial charge in [0.15, 0.2) is 0 Å². The molecule has 0 fully saturated rings. The summed E-state index contributed by atoms with van der Waals surface area (Å²) in [7, 11) is 5.61. The van der Waals surface area contributed by atoms with Crippen molar-refractivity contribution in [2.24, 2.45) is 0 Å². The molecule has 1 aromatic rings. The molecule has 2 nitrogen and oxygen atoms in total. The van der Waals surface area contributed by atoms with Crippen LogP contribution in [0.15, 0.2) is 6.07 Å². The van der Waals surface area contributed by atoms with Crippen molar-refractivity contribution >= 4 is 18.5 Å². The Morgan fingerprint density at radius 2 is 2.07 bits per heavy atom. The van der Waals surface area contributed by atoms with Gasteiger partial charge in [-0.15, -0.1) is 18.5 Å². The van der Waals surface area contributed by atoms with Crippen LogP contribution in [0.1, 0.15) is 45.1 Å². The third-order valence-electron chi connectivity index (χ3n) is 2.22. The van der Waals surface area contributed by atoms with Gasteiger partial charge < -0.3 is 0 Å². The van der Waals surface area contributed by atoms with Gasteiger partial charge in [0.1, 0.15) is 0 Å². The highest BCUT2D eigenvalue weighted by Crippen LogP contribution is 2.37. The molecule has 0 amide bonds. The summed E-state index contributed by atoms with van der Waals surface area (Å²) in [6.07, 6.45) is 1.04. The number of hydrogen-bond donors (Lipinski definition) is 0. The van der Waals surface area contributed by atoms with E-state index < -0.39 is 0 Å². The number of rotatable bonds is 3. The number of nitrogens with zero attached hydrogens (tertiary/aromatic N) is 2. The Bertz CT molecular complexity index is 310. The van der Waals surface area contributed by atoms with Crippen molar-refractivity contribution in [3.8, 4) is 0 Å². The molecule has 4 heteroatoms. The largest absolute Gasteiger partial charge is 0.267 e. The molecule has 14 heavy (non-hydrogen) atoms. The molecule has 0 spiro atoms. The summed E-state index contributed by atoms with van der Waals surface area (Å²) in [5.41, 5.74) is 2.43. The predicted molar refractivity (Wildman–Crippen MR) is 68.8 cm³/mol. The van der Waals surface area contributed by atoms with E-state index in [0.29, 0.717) is 6.04 Å². The summed E-state index contributed by atoms with van der Waals surface area (Å²) in [4.78, 5) is -0.00986. The number of aromatic nitrogens is 2. The van der Waals surface area contributed by atoms with Crippen molar-refractivity contribution in [2.75, 3.05) is 0 Å². The van der Waals surface area contributed by atoms with Crippen LogP contribution in [0.3, 0.4) is 0 Å². The van der Waals surface area contributed by atoms with Gasteiger partial charge in [0, 0.05) is 16.6 Å². The van der Waals surface area contributed by atoms with Crippen LogP contribution >= 0.6 is 18.5 Å². The van der Waals surface area contributed by atoms with Crippen molar-refractivity contribution in [1.29, 1.82) is 0 Å². The Labute approximate surface area is 91.3 Å². The quantitative estimate of drug-likeness (QED) is 0.730. The lowest BCUT2D eigenvalue weighted by Gasteiger charge is -2.14. The van der Waals surface area contributed by atoms with E-state index in [1.807, 2.05) is 0 Å². The highest BCUT2D eigenvalue weighted by atomic mass is 31.1. The SMILES string of the molecule is CCc1cc(C(C)(P)P)nn1C(C)C. The van der Waals surface area contributed by atoms with Gasteiger partial charge in [0.2, 0.25) is 0 Å². The standard InChI is InChI=1S/C10H20N2P2/c1-5-8-6-9(10(4,13)14)11-12(8)7(2)3/h6-7H,5,13-14H2,1-4H3. The molecule has 0 bridgehead atoms. The molecule has 1 heterocycles. The molecule has 1 aromatic heterocycles. The van der Waals surface area contributed by atoms with Crippen LogP contribution in [0, 0.1) is 0 Å². The van der Waals surface area contributed by atoms with E-state index in [9.17, 15) is 0 Å². The van der Waals surface area contributed by atoms with E-state index in [0.717, 1.165) is 12.1 Å². The molecule has 0 N–H and O–H groups in total. The molecular weight excluding hydrogens is 210 g/mol. The zero-order chi connectivity index (χ0) is 10.9. The van der Waals surface area contributed by atoms with Gasteiger partial charge in [-0.1, -0.05) is 6.92 Å². The normalized spacial score (nSPS) is 12.5. The van der Waals surface area contributed by atoms with Crippen molar-refractivity contribution < 1.29 is 0 Å². The van der Waals surface area contributed by atoms with E-state index in [-0.39, 0.29) is 4.90 Å². The fraction of sp³-hybridized carbons (Fsp3) is 0.700. The van der Waals surface area contributed by atoms with Gasteiger partial charge in [-0.05, 0) is 33.3 Å². The second kappa shape index (κ2) is 4.29. The van der Waals surface area contributed by atoms with Gasteiger partial charge in [-0.3, -0.25) is 4.68 Å². The molecular formula is C10H20N2P2. The lowest BCUT2D eigenvalue weighted by Crippen LogP contribution is -2.09. The molecule has 0 aromatic carbocycles. The molecule has 0 radical (unpaired) electrons. The molecule has 0 aliphatic carbocycles. The van der Waals surface area contributed by atoms with Gasteiger partial charge >= 0.3 is 0 Å². The summed E-state index contributed by atoms with van der Waals surface area (Å²) in [6, 6.07) is 2.64. The summed E-state index contributed by atoms with van der Waals surface area (Å²) in [5, 5.41) is 4.63. The fourth-order valence-electron chi connectivity index (χ4n) is 1.41. The fourth-order valence-corrected chi connectivity index (χ4v) is 1.69. The molecule has 2 unspecified atom stereocenters. The van der Waals surface area contributed by atoms with Crippen molar-refractivity contribution in [3.05, 3.63) is 17.5 Å². The zero-order valence-electron chi connectivity index (χ0n) is 9.41. The van der Waals surface area contributed by atoms with Crippen LogP contribution < -0.4 is 0 Å². The van der Waals surface area contributed by atoms with Crippen LogP contribution in [-0.2, 0) is 11.3 Å². The van der Waals surface area contributed by atoms with Crippen LogP contribution in [0.25, 0.3) is 0 Å². The van der Waals surface area contributed by atoms with E-state index in [1.54, 1.807) is 0 Å². The average Bonchev–Trinajstić information content (AvgIpc) is 2.45. The Kier molecular flexibility index (Phi) is 3.72. The molecule has 0 saturated heterocycles. The van der Waals surface area contributed by atoms with E-state index in [2.05, 4.69) is 62.0 Å². The first-order chi connectivity index (χ1) is 6.36. The summed E-state index contributed by atoms with van der Waals surface area (Å²) >= 11 is 0. The minimum Gasteiger partial charge on any atom is -0.267 e. The van der Waals surface area contributed by atoms with Crippen LogP contribution in [-0.4, -0.2) is 9.78 Å². The maximum Gasteiger partial charge on any atom is 0.0761 e. The maximum absolute atomic E-state index is 4.63. The number of hydrogen-bond acceptors (Lipinski definition) is 1. The highest BCUT2D eigenvalue weighted by molar-refractivity contribution is 7.38. The van der Waals surface area contributed by atoms with Gasteiger partial charge in [0.25, 0.3) is 0 Å². The summed E-state index contributed by atoms with van der Waals surface area (Å²) in [6.45, 7) is 8.63. The van der Waals surface area contributed by atoms with Gasteiger partial charge in [-0.2, -0.15) is 5.10 Å². The minimum atomic E-state index is -0.00986. The molecule has 1 rings (SSSR count). The second-order valence-corrected chi connectivity index (χ2v) is 7.26. The molecule has 2 atom stereocenters. The van der Waals surface area contributed by atoms with E-state index in [4.69, 9.17) is 0 Å². The molecule has 0 aliphatic rings. The third kappa shape index (κ3) is 2.55. The van der Waals surface area contributed by atoms with Crippen molar-refractivity contribution in [1.82, 2.24) is 9.78 Å². The van der Waals surface area contributed by atoms with Crippen LogP contribution in [0.4, 0.5) is 0 Å². The smallest absolute Gasteiger partial charge is 0.0761 e. The Morgan fingerprint density at radius 1 is 1.50 bits per heavy atom. The Morgan fingerprint density at radius 3 is 2.36 bits per heavy atom. The number of aryl methyl sites for hydroxylation is 1. The van der Waals surface area contributed by atoms with Crippen molar-refractivity contribution in [3.63, 3.8) is 0 Å². The average molecular weight is 230 g/mol. The molecule has 80 valence electrons. The van der Waals surface area contributed by atoms with Crippen LogP contribution in [0.5, 0.6) is 0 Å². The second-order valence-electron chi connectivity index (χ2n) is 4.20. The first kappa shape index (κ1) is 12.1. The van der Waals surface area contributed by atoms with Gasteiger partial charge in [0.05, 0.1) is 5.69 Å². The molecule has 0 saturated carbocycles. The maximum atomic E-state index is 4.63. The summed E-state index contributed by atoms with van der Waals surface area (Å²) in [5.74, 6) is 0. The Hall–Kier alpha value is 0.0700. The zero-order valence-corrected chi connectivity index (χ0v) is 11.7. The third-order valence-corrected chi connectivity index (χ3v) is 2.81. The van der Waals surface area contributed by atoms with E-state index >= 15 is 0 Å². The lowest BCUT2D eigenvalue weighted by atomic mass is 10.2. The van der Waals surface area contributed by atoms with Gasteiger partial charge in [-0.25, -0.2) is 0 Å². The topological polar surface area (TPSA) is 17.8 Å². The van der Waals surface area contributed by atoms with Crippen LogP contribution in [0.2, 0.25) is 0 Å². The molecule has 0 aliphatic heterocycles. The lowest BCUT2D eigenvalue weighted by molar-refractivity contribution is 0.506.